The third-order valence-corrected chi connectivity index (χ3v) is 9.45. The fourth-order valence-electron chi connectivity index (χ4n) is 7.04. The predicted octanol–water partition coefficient (Wildman–Crippen LogP) is 12.0. The fraction of sp³-hybridized carbons (Fsp3) is 0. The Bertz CT molecular complexity index is 2850. The number of pyridine rings is 1. The molecule has 50 heavy (non-hydrogen) atoms. The van der Waals surface area contributed by atoms with Gasteiger partial charge in [-0.15, -0.1) is 0 Å². The number of furan rings is 2. The van der Waals surface area contributed by atoms with Gasteiger partial charge in [-0.3, -0.25) is 4.98 Å². The first-order chi connectivity index (χ1) is 24.8. The van der Waals surface area contributed by atoms with E-state index in [-0.39, 0.29) is 0 Å². The molecular formula is C45H27N3O2. The highest BCUT2D eigenvalue weighted by Gasteiger charge is 2.22. The maximum atomic E-state index is 6.73. The third-order valence-electron chi connectivity index (χ3n) is 9.45. The Kier molecular flexibility index (Phi) is 6.42. The van der Waals surface area contributed by atoms with Gasteiger partial charge in [-0.25, -0.2) is 9.97 Å². The maximum Gasteiger partial charge on any atom is 0.160 e. The van der Waals surface area contributed by atoms with Crippen molar-refractivity contribution in [1.82, 2.24) is 15.0 Å². The van der Waals surface area contributed by atoms with E-state index in [2.05, 4.69) is 89.9 Å². The zero-order valence-corrected chi connectivity index (χ0v) is 26.7. The van der Waals surface area contributed by atoms with Gasteiger partial charge in [-0.2, -0.15) is 0 Å². The van der Waals surface area contributed by atoms with Crippen LogP contribution >= 0.6 is 0 Å². The number of benzene rings is 6. The van der Waals surface area contributed by atoms with Crippen molar-refractivity contribution in [1.29, 1.82) is 0 Å². The number of hydrogen-bond acceptors (Lipinski definition) is 5. The first kappa shape index (κ1) is 28.2. The lowest BCUT2D eigenvalue weighted by molar-refractivity contribution is 0.669. The number of rotatable bonds is 5. The Morgan fingerprint density at radius 3 is 1.82 bits per heavy atom. The number of fused-ring (bicyclic) bond motifs is 6. The summed E-state index contributed by atoms with van der Waals surface area (Å²) < 4.78 is 13.2. The number of nitrogens with zero attached hydrogens (tertiary/aromatic N) is 3. The molecule has 0 spiro atoms. The van der Waals surface area contributed by atoms with Crippen molar-refractivity contribution < 1.29 is 8.83 Å². The van der Waals surface area contributed by atoms with E-state index >= 15 is 0 Å². The first-order valence-corrected chi connectivity index (χ1v) is 16.6. The van der Waals surface area contributed by atoms with Crippen LogP contribution < -0.4 is 0 Å². The molecule has 4 heterocycles. The molecule has 4 aromatic heterocycles. The van der Waals surface area contributed by atoms with Gasteiger partial charge in [0.15, 0.2) is 5.82 Å². The summed E-state index contributed by atoms with van der Waals surface area (Å²) >= 11 is 0. The van der Waals surface area contributed by atoms with E-state index in [1.54, 1.807) is 0 Å². The molecule has 0 amide bonds. The number of aromatic nitrogens is 3. The summed E-state index contributed by atoms with van der Waals surface area (Å²) in [5, 5.41) is 4.25. The van der Waals surface area contributed by atoms with Crippen molar-refractivity contribution in [3.8, 4) is 56.2 Å². The standard InChI is InChI=1S/C45H27N3O2/c1-2-9-31(10-3-1)45-47-38(30-19-17-28(18-20-30)29-23-25-46-26-24-29)27-39(48-45)36-22-21-33(42-37-12-5-7-16-41(37)50-44(36)42)35-14-8-13-34-32-11-4-6-15-40(32)49-43(34)35/h1-27H. The number of hydrogen-bond donors (Lipinski definition) is 0. The molecule has 6 aromatic carbocycles. The van der Waals surface area contributed by atoms with Crippen LogP contribution in [0, 0.1) is 0 Å². The smallest absolute Gasteiger partial charge is 0.160 e. The van der Waals surface area contributed by atoms with Crippen molar-refractivity contribution in [2.75, 3.05) is 0 Å². The lowest BCUT2D eigenvalue weighted by atomic mass is 9.94. The highest BCUT2D eigenvalue weighted by atomic mass is 16.3. The molecule has 10 aromatic rings. The Balaban J connectivity index is 1.20. The van der Waals surface area contributed by atoms with Gasteiger partial charge in [0.05, 0.1) is 11.4 Å². The molecule has 0 aliphatic heterocycles. The summed E-state index contributed by atoms with van der Waals surface area (Å²) in [5.74, 6) is 0.650. The van der Waals surface area contributed by atoms with Crippen molar-refractivity contribution >= 4 is 43.9 Å². The van der Waals surface area contributed by atoms with E-state index in [9.17, 15) is 0 Å². The third kappa shape index (κ3) is 4.60. The van der Waals surface area contributed by atoms with E-state index in [0.29, 0.717) is 5.82 Å². The summed E-state index contributed by atoms with van der Waals surface area (Å²) in [6.07, 6.45) is 3.63. The largest absolute Gasteiger partial charge is 0.455 e. The molecule has 0 unspecified atom stereocenters. The molecule has 0 aliphatic rings. The van der Waals surface area contributed by atoms with Crippen LogP contribution in [-0.2, 0) is 0 Å². The van der Waals surface area contributed by atoms with Crippen LogP contribution in [0.5, 0.6) is 0 Å². The van der Waals surface area contributed by atoms with Crippen molar-refractivity contribution in [2.24, 2.45) is 0 Å². The quantitative estimate of drug-likeness (QED) is 0.187. The zero-order valence-electron chi connectivity index (χ0n) is 26.7. The average Bonchev–Trinajstić information content (AvgIpc) is 3.78. The minimum Gasteiger partial charge on any atom is -0.455 e. The molecule has 0 fully saturated rings. The van der Waals surface area contributed by atoms with Gasteiger partial charge >= 0.3 is 0 Å². The Morgan fingerprint density at radius 1 is 0.380 bits per heavy atom. The predicted molar refractivity (Wildman–Crippen MR) is 202 cm³/mol. The molecule has 10 rings (SSSR count). The molecule has 0 saturated carbocycles. The van der Waals surface area contributed by atoms with Crippen LogP contribution in [0.25, 0.3) is 100 Å². The van der Waals surface area contributed by atoms with Gasteiger partial charge in [0.25, 0.3) is 0 Å². The minimum absolute atomic E-state index is 0.650. The normalized spacial score (nSPS) is 11.6. The lowest BCUT2D eigenvalue weighted by Crippen LogP contribution is -1.96. The second-order valence-corrected chi connectivity index (χ2v) is 12.4. The van der Waals surface area contributed by atoms with Crippen molar-refractivity contribution in [2.45, 2.75) is 0 Å². The van der Waals surface area contributed by atoms with Gasteiger partial charge in [-0.05, 0) is 53.1 Å². The van der Waals surface area contributed by atoms with Gasteiger partial charge in [0.2, 0.25) is 0 Å². The van der Waals surface area contributed by atoms with Gasteiger partial charge in [0, 0.05) is 56.2 Å². The molecule has 0 N–H and O–H groups in total. The average molecular weight is 642 g/mol. The molecule has 5 nitrogen and oxygen atoms in total. The zero-order chi connectivity index (χ0) is 33.0. The minimum atomic E-state index is 0.650. The molecule has 0 saturated heterocycles. The second-order valence-electron chi connectivity index (χ2n) is 12.4. The van der Waals surface area contributed by atoms with E-state index in [0.717, 1.165) is 94.2 Å². The Labute approximate surface area is 287 Å². The topological polar surface area (TPSA) is 65.0 Å². The second kappa shape index (κ2) is 11.4. The lowest BCUT2D eigenvalue weighted by Gasteiger charge is -2.12. The van der Waals surface area contributed by atoms with Crippen LogP contribution in [0.4, 0.5) is 0 Å². The fourth-order valence-corrected chi connectivity index (χ4v) is 7.04. The molecule has 234 valence electrons. The van der Waals surface area contributed by atoms with E-state index in [1.807, 2.05) is 79.1 Å². The molecular weight excluding hydrogens is 615 g/mol. The Hall–Kier alpha value is -6.85. The monoisotopic (exact) mass is 641 g/mol. The van der Waals surface area contributed by atoms with Crippen LogP contribution in [0.3, 0.4) is 0 Å². The summed E-state index contributed by atoms with van der Waals surface area (Å²) in [5.41, 5.74) is 12.1. The summed E-state index contributed by atoms with van der Waals surface area (Å²) in [6, 6.07) is 51.8. The SMILES string of the molecule is c1ccc(-c2nc(-c3ccc(-c4ccncc4)cc3)cc(-c3ccc(-c4cccc5c4oc4ccccc45)c4c3oc3ccccc34)n2)cc1. The van der Waals surface area contributed by atoms with E-state index in [1.165, 1.54) is 0 Å². The van der Waals surface area contributed by atoms with Crippen LogP contribution in [0.15, 0.2) is 173 Å². The summed E-state index contributed by atoms with van der Waals surface area (Å²) in [7, 11) is 0. The Morgan fingerprint density at radius 2 is 1.00 bits per heavy atom. The van der Waals surface area contributed by atoms with Gasteiger partial charge in [0.1, 0.15) is 22.3 Å². The van der Waals surface area contributed by atoms with Crippen LogP contribution in [0.2, 0.25) is 0 Å². The number of para-hydroxylation sites is 3. The maximum absolute atomic E-state index is 6.73. The van der Waals surface area contributed by atoms with Crippen molar-refractivity contribution in [3.05, 3.63) is 164 Å². The van der Waals surface area contributed by atoms with E-state index in [4.69, 9.17) is 18.8 Å². The molecule has 0 radical (unpaired) electrons. The first-order valence-electron chi connectivity index (χ1n) is 16.6. The van der Waals surface area contributed by atoms with Crippen molar-refractivity contribution in [3.63, 3.8) is 0 Å². The molecule has 5 heteroatoms. The highest BCUT2D eigenvalue weighted by Crippen LogP contribution is 2.45. The summed E-state index contributed by atoms with van der Waals surface area (Å²) in [4.78, 5) is 14.4. The van der Waals surface area contributed by atoms with Gasteiger partial charge in [-0.1, -0.05) is 115 Å². The van der Waals surface area contributed by atoms with Crippen LogP contribution in [-0.4, -0.2) is 15.0 Å². The van der Waals surface area contributed by atoms with Gasteiger partial charge < -0.3 is 8.83 Å². The summed E-state index contributed by atoms with van der Waals surface area (Å²) in [6.45, 7) is 0. The highest BCUT2D eigenvalue weighted by molar-refractivity contribution is 6.19. The molecule has 0 bridgehead atoms. The molecule has 0 atom stereocenters. The van der Waals surface area contributed by atoms with E-state index < -0.39 is 0 Å². The molecule has 0 aliphatic carbocycles. The van der Waals surface area contributed by atoms with Crippen LogP contribution in [0.1, 0.15) is 0 Å².